The monoisotopic (exact) mass is 309 g/mol. The number of aromatic nitrogens is 1. The molecule has 120 valence electrons. The predicted octanol–water partition coefficient (Wildman–Crippen LogP) is 2.82. The summed E-state index contributed by atoms with van der Waals surface area (Å²) in [6.07, 6.45) is 1.96. The van der Waals surface area contributed by atoms with Crippen molar-refractivity contribution in [1.29, 1.82) is 0 Å². The molecule has 0 atom stereocenters. The molecule has 1 N–H and O–H groups in total. The smallest absolute Gasteiger partial charge is 0.410 e. The average Bonchev–Trinajstić information content (AvgIpc) is 2.42. The van der Waals surface area contributed by atoms with E-state index in [4.69, 9.17) is 9.94 Å². The van der Waals surface area contributed by atoms with Gasteiger partial charge in [-0.05, 0) is 32.9 Å². The van der Waals surface area contributed by atoms with Gasteiger partial charge >= 0.3 is 6.09 Å². The molecule has 7 heteroatoms. The molecule has 22 heavy (non-hydrogen) atoms. The van der Waals surface area contributed by atoms with E-state index in [1.165, 1.54) is 23.1 Å². The summed E-state index contributed by atoms with van der Waals surface area (Å²) >= 11 is 0. The second-order valence-electron chi connectivity index (χ2n) is 5.56. The minimum absolute atomic E-state index is 0.0456. The zero-order valence-corrected chi connectivity index (χ0v) is 12.9. The fraction of sp³-hybridized carbons (Fsp3) is 0.400. The van der Waals surface area contributed by atoms with E-state index in [1.807, 2.05) is 0 Å². The van der Waals surface area contributed by atoms with Crippen LogP contribution in [0.4, 0.5) is 9.18 Å². The van der Waals surface area contributed by atoms with Crippen LogP contribution >= 0.6 is 0 Å². The number of carbonyl (C=O) groups excluding carboxylic acids is 1. The molecule has 0 aliphatic heterocycles. The van der Waals surface area contributed by atoms with Gasteiger partial charge in [-0.15, -0.1) is 6.58 Å². The molecule has 0 bridgehead atoms. The maximum absolute atomic E-state index is 12.9. The Labute approximate surface area is 128 Å². The minimum Gasteiger partial charge on any atom is -0.444 e. The summed E-state index contributed by atoms with van der Waals surface area (Å²) in [6, 6.07) is 2.56. The third-order valence-electron chi connectivity index (χ3n) is 2.49. The number of carbonyl (C=O) groups is 1. The molecular weight excluding hydrogens is 289 g/mol. The second kappa shape index (κ2) is 7.53. The number of hydrogen-bond acceptors (Lipinski definition) is 5. The third-order valence-corrected chi connectivity index (χ3v) is 2.49. The van der Waals surface area contributed by atoms with Crippen LogP contribution in [0.1, 0.15) is 26.5 Å². The van der Waals surface area contributed by atoms with Gasteiger partial charge < -0.3 is 9.94 Å². The number of nitrogens with zero attached hydrogens (tertiary/aromatic N) is 3. The summed E-state index contributed by atoms with van der Waals surface area (Å²) in [7, 11) is 0. The molecular formula is C15H20FN3O3. The summed E-state index contributed by atoms with van der Waals surface area (Å²) in [5, 5.41) is 12.3. The van der Waals surface area contributed by atoms with Gasteiger partial charge in [0.25, 0.3) is 0 Å². The van der Waals surface area contributed by atoms with Gasteiger partial charge in [0.2, 0.25) is 0 Å². The van der Waals surface area contributed by atoms with Crippen molar-refractivity contribution in [2.24, 2.45) is 5.16 Å². The zero-order valence-electron chi connectivity index (χ0n) is 12.9. The van der Waals surface area contributed by atoms with Crippen LogP contribution in [0.5, 0.6) is 0 Å². The van der Waals surface area contributed by atoms with Gasteiger partial charge in [0.05, 0.1) is 18.4 Å². The first-order valence-electron chi connectivity index (χ1n) is 6.68. The molecule has 1 amide bonds. The van der Waals surface area contributed by atoms with Gasteiger partial charge in [0.1, 0.15) is 17.1 Å². The van der Waals surface area contributed by atoms with Crippen molar-refractivity contribution in [1.82, 2.24) is 9.88 Å². The molecule has 0 aromatic carbocycles. The molecule has 0 aliphatic rings. The number of rotatable bonds is 5. The first kappa shape index (κ1) is 17.6. The molecule has 1 heterocycles. The van der Waals surface area contributed by atoms with E-state index in [0.717, 1.165) is 6.20 Å². The molecule has 0 unspecified atom stereocenters. The van der Waals surface area contributed by atoms with Crippen molar-refractivity contribution in [2.75, 3.05) is 13.1 Å². The molecule has 0 radical (unpaired) electrons. The lowest BCUT2D eigenvalue weighted by molar-refractivity contribution is 0.0298. The summed E-state index contributed by atoms with van der Waals surface area (Å²) < 4.78 is 18.2. The van der Waals surface area contributed by atoms with Gasteiger partial charge in [-0.2, -0.15) is 0 Å². The van der Waals surface area contributed by atoms with Gasteiger partial charge in [-0.1, -0.05) is 11.2 Å². The Hall–Kier alpha value is -2.44. The number of oxime groups is 1. The lowest BCUT2D eigenvalue weighted by atomic mass is 10.2. The molecule has 1 aromatic rings. The van der Waals surface area contributed by atoms with Crippen molar-refractivity contribution >= 4 is 11.8 Å². The fourth-order valence-electron chi connectivity index (χ4n) is 1.58. The van der Waals surface area contributed by atoms with Gasteiger partial charge in [0, 0.05) is 6.54 Å². The molecule has 0 saturated heterocycles. The Balaban J connectivity index is 2.90. The lowest BCUT2D eigenvalue weighted by Crippen LogP contribution is -2.40. The van der Waals surface area contributed by atoms with Crippen molar-refractivity contribution in [3.05, 3.63) is 42.5 Å². The SMILES string of the molecule is C=CCN(C/C(=N/O)c1ccc(F)cn1)C(=O)OC(C)(C)C. The van der Waals surface area contributed by atoms with E-state index in [1.54, 1.807) is 20.8 Å². The summed E-state index contributed by atoms with van der Waals surface area (Å²) in [6.45, 7) is 8.99. The minimum atomic E-state index is -0.652. The van der Waals surface area contributed by atoms with Crippen molar-refractivity contribution in [2.45, 2.75) is 26.4 Å². The van der Waals surface area contributed by atoms with Crippen molar-refractivity contribution < 1.29 is 19.1 Å². The van der Waals surface area contributed by atoms with Crippen LogP contribution in [0.3, 0.4) is 0 Å². The first-order valence-corrected chi connectivity index (χ1v) is 6.68. The van der Waals surface area contributed by atoms with E-state index in [-0.39, 0.29) is 24.5 Å². The van der Waals surface area contributed by atoms with Gasteiger partial charge in [0.15, 0.2) is 0 Å². The lowest BCUT2D eigenvalue weighted by Gasteiger charge is -2.26. The van der Waals surface area contributed by atoms with E-state index in [2.05, 4.69) is 16.7 Å². The van der Waals surface area contributed by atoms with E-state index >= 15 is 0 Å². The Morgan fingerprint density at radius 1 is 1.55 bits per heavy atom. The number of amides is 1. The predicted molar refractivity (Wildman–Crippen MR) is 80.5 cm³/mol. The molecule has 0 aliphatic carbocycles. The average molecular weight is 309 g/mol. The Kier molecular flexibility index (Phi) is 6.03. The topological polar surface area (TPSA) is 75.0 Å². The summed E-state index contributed by atoms with van der Waals surface area (Å²) in [5.41, 5.74) is -0.268. The highest BCUT2D eigenvalue weighted by Crippen LogP contribution is 2.11. The van der Waals surface area contributed by atoms with Crippen LogP contribution in [0.2, 0.25) is 0 Å². The number of ether oxygens (including phenoxy) is 1. The maximum Gasteiger partial charge on any atom is 0.410 e. The van der Waals surface area contributed by atoms with E-state index in [0.29, 0.717) is 0 Å². The fourth-order valence-corrected chi connectivity index (χ4v) is 1.58. The first-order chi connectivity index (χ1) is 10.3. The van der Waals surface area contributed by atoms with Crippen LogP contribution in [-0.2, 0) is 4.74 Å². The van der Waals surface area contributed by atoms with Crippen molar-refractivity contribution in [3.8, 4) is 0 Å². The maximum atomic E-state index is 12.9. The number of hydrogen-bond donors (Lipinski definition) is 1. The largest absolute Gasteiger partial charge is 0.444 e. The van der Waals surface area contributed by atoms with Crippen LogP contribution in [-0.4, -0.2) is 45.6 Å². The summed E-state index contributed by atoms with van der Waals surface area (Å²) in [5.74, 6) is -0.504. The van der Waals surface area contributed by atoms with Crippen molar-refractivity contribution in [3.63, 3.8) is 0 Å². The zero-order chi connectivity index (χ0) is 16.8. The third kappa shape index (κ3) is 5.51. The molecule has 0 spiro atoms. The number of pyridine rings is 1. The second-order valence-corrected chi connectivity index (χ2v) is 5.56. The molecule has 0 fully saturated rings. The summed E-state index contributed by atoms with van der Waals surface area (Å²) in [4.78, 5) is 17.3. The number of halogens is 1. The normalized spacial score (nSPS) is 11.9. The molecule has 6 nitrogen and oxygen atoms in total. The quantitative estimate of drug-likeness (QED) is 0.393. The molecule has 0 saturated carbocycles. The Morgan fingerprint density at radius 2 is 2.23 bits per heavy atom. The highest BCUT2D eigenvalue weighted by atomic mass is 19.1. The highest BCUT2D eigenvalue weighted by Gasteiger charge is 2.23. The van der Waals surface area contributed by atoms with Gasteiger partial charge in [-0.25, -0.2) is 9.18 Å². The van der Waals surface area contributed by atoms with Crippen LogP contribution in [0, 0.1) is 5.82 Å². The van der Waals surface area contributed by atoms with Gasteiger partial charge in [-0.3, -0.25) is 9.88 Å². The standard InChI is InChI=1S/C15H20FN3O3/c1-5-8-19(14(20)22-15(2,3)4)10-13(18-21)12-7-6-11(16)9-17-12/h5-7,9,21H,1,8,10H2,2-4H3/b18-13-. The highest BCUT2D eigenvalue weighted by molar-refractivity contribution is 6.01. The van der Waals surface area contributed by atoms with Crippen LogP contribution in [0.15, 0.2) is 36.1 Å². The van der Waals surface area contributed by atoms with E-state index < -0.39 is 17.5 Å². The Bertz CT molecular complexity index is 550. The Morgan fingerprint density at radius 3 is 2.68 bits per heavy atom. The van der Waals surface area contributed by atoms with E-state index in [9.17, 15) is 9.18 Å². The molecule has 1 rings (SSSR count). The molecule has 1 aromatic heterocycles. The van der Waals surface area contributed by atoms with Crippen LogP contribution in [0.25, 0.3) is 0 Å². The van der Waals surface area contributed by atoms with Crippen LogP contribution < -0.4 is 0 Å².